The smallest absolute Gasteiger partial charge is 0.123 e. The summed E-state index contributed by atoms with van der Waals surface area (Å²) in [6, 6.07) is 46.8. The minimum Gasteiger partial charge on any atom is -0.356 e. The molecule has 172 valence electrons. The molecule has 0 aliphatic rings. The highest BCUT2D eigenvalue weighted by Gasteiger charge is 2.10. The van der Waals surface area contributed by atoms with Crippen molar-refractivity contribution >= 4 is 22.1 Å². The third kappa shape index (κ3) is 4.37. The standard InChI is InChI=1S/C34H24FN/c35-29-18-12-26(13-19-29)32-10-4-8-28-9-5-11-33(34(28)32)27-16-22-31(23-17-27)36-30-20-14-25(15-21-30)24-6-2-1-3-7-24/h1-23,36H. The summed E-state index contributed by atoms with van der Waals surface area (Å²) >= 11 is 0. The molecule has 0 unspecified atom stereocenters. The molecule has 6 rings (SSSR count). The van der Waals surface area contributed by atoms with E-state index < -0.39 is 0 Å². The first-order valence-electron chi connectivity index (χ1n) is 12.1. The average Bonchev–Trinajstić information content (AvgIpc) is 2.94. The molecule has 1 nitrogen and oxygen atoms in total. The second-order valence-electron chi connectivity index (χ2n) is 8.86. The van der Waals surface area contributed by atoms with Crippen LogP contribution in [-0.2, 0) is 0 Å². The van der Waals surface area contributed by atoms with E-state index in [0.29, 0.717) is 0 Å². The highest BCUT2D eigenvalue weighted by Crippen LogP contribution is 2.37. The van der Waals surface area contributed by atoms with Crippen LogP contribution in [0, 0.1) is 5.82 Å². The first kappa shape index (κ1) is 21.8. The van der Waals surface area contributed by atoms with Crippen molar-refractivity contribution in [2.45, 2.75) is 0 Å². The first-order chi connectivity index (χ1) is 17.7. The van der Waals surface area contributed by atoms with Crippen molar-refractivity contribution in [3.05, 3.63) is 145 Å². The molecule has 36 heavy (non-hydrogen) atoms. The third-order valence-electron chi connectivity index (χ3n) is 6.54. The minimum absolute atomic E-state index is 0.225. The van der Waals surface area contributed by atoms with Crippen LogP contribution in [0.4, 0.5) is 15.8 Å². The second kappa shape index (κ2) is 9.52. The summed E-state index contributed by atoms with van der Waals surface area (Å²) in [6.45, 7) is 0. The quantitative estimate of drug-likeness (QED) is 0.267. The van der Waals surface area contributed by atoms with Gasteiger partial charge in [0.2, 0.25) is 0 Å². The van der Waals surface area contributed by atoms with Gasteiger partial charge in [0, 0.05) is 11.4 Å². The van der Waals surface area contributed by atoms with Crippen LogP contribution in [0.3, 0.4) is 0 Å². The molecule has 1 N–H and O–H groups in total. The number of hydrogen-bond acceptors (Lipinski definition) is 1. The van der Waals surface area contributed by atoms with Crippen molar-refractivity contribution < 1.29 is 4.39 Å². The van der Waals surface area contributed by atoms with Crippen LogP contribution in [0.5, 0.6) is 0 Å². The van der Waals surface area contributed by atoms with E-state index >= 15 is 0 Å². The van der Waals surface area contributed by atoms with Crippen LogP contribution in [0.1, 0.15) is 0 Å². The lowest BCUT2D eigenvalue weighted by Crippen LogP contribution is -1.91. The Balaban J connectivity index is 1.30. The Morgan fingerprint density at radius 2 is 0.861 bits per heavy atom. The van der Waals surface area contributed by atoms with Crippen molar-refractivity contribution in [1.82, 2.24) is 0 Å². The number of fused-ring (bicyclic) bond motifs is 1. The van der Waals surface area contributed by atoms with Crippen molar-refractivity contribution in [3.8, 4) is 33.4 Å². The summed E-state index contributed by atoms with van der Waals surface area (Å²) in [4.78, 5) is 0. The molecule has 0 saturated heterocycles. The van der Waals surface area contributed by atoms with Gasteiger partial charge >= 0.3 is 0 Å². The van der Waals surface area contributed by atoms with Gasteiger partial charge in [-0.05, 0) is 80.6 Å². The molecule has 6 aromatic carbocycles. The van der Waals surface area contributed by atoms with E-state index in [0.717, 1.165) is 39.0 Å². The number of nitrogens with one attached hydrogen (secondary N) is 1. The van der Waals surface area contributed by atoms with Gasteiger partial charge in [0.05, 0.1) is 0 Å². The fourth-order valence-corrected chi connectivity index (χ4v) is 4.73. The van der Waals surface area contributed by atoms with Crippen LogP contribution in [0.15, 0.2) is 140 Å². The first-order valence-corrected chi connectivity index (χ1v) is 12.1. The Morgan fingerprint density at radius 1 is 0.389 bits per heavy atom. The lowest BCUT2D eigenvalue weighted by Gasteiger charge is -2.14. The zero-order chi connectivity index (χ0) is 24.3. The third-order valence-corrected chi connectivity index (χ3v) is 6.54. The predicted molar refractivity (Wildman–Crippen MR) is 150 cm³/mol. The molecule has 2 heteroatoms. The SMILES string of the molecule is Fc1ccc(-c2cccc3cccc(-c4ccc(Nc5ccc(-c6ccccc6)cc5)cc4)c23)cc1. The van der Waals surface area contributed by atoms with Gasteiger partial charge < -0.3 is 5.32 Å². The molecule has 0 heterocycles. The normalized spacial score (nSPS) is 10.9. The van der Waals surface area contributed by atoms with Crippen LogP contribution < -0.4 is 5.32 Å². The Labute approximate surface area is 210 Å². The number of hydrogen-bond donors (Lipinski definition) is 1. The van der Waals surface area contributed by atoms with Crippen LogP contribution >= 0.6 is 0 Å². The highest BCUT2D eigenvalue weighted by atomic mass is 19.1. The highest BCUT2D eigenvalue weighted by molar-refractivity contribution is 6.06. The fourth-order valence-electron chi connectivity index (χ4n) is 4.73. The molecular weight excluding hydrogens is 441 g/mol. The molecule has 0 aliphatic carbocycles. The maximum Gasteiger partial charge on any atom is 0.123 e. The molecule has 0 aliphatic heterocycles. The van der Waals surface area contributed by atoms with Gasteiger partial charge in [0.1, 0.15) is 5.82 Å². The molecular formula is C34H24FN. The van der Waals surface area contributed by atoms with E-state index in [1.165, 1.54) is 28.6 Å². The average molecular weight is 466 g/mol. The van der Waals surface area contributed by atoms with Crippen molar-refractivity contribution in [1.29, 1.82) is 0 Å². The maximum atomic E-state index is 13.5. The van der Waals surface area contributed by atoms with E-state index in [9.17, 15) is 4.39 Å². The molecule has 0 bridgehead atoms. The summed E-state index contributed by atoms with van der Waals surface area (Å²) in [7, 11) is 0. The zero-order valence-corrected chi connectivity index (χ0v) is 19.7. The van der Waals surface area contributed by atoms with Gasteiger partial charge in [0.25, 0.3) is 0 Å². The van der Waals surface area contributed by atoms with Gasteiger partial charge in [-0.1, -0.05) is 103 Å². The van der Waals surface area contributed by atoms with E-state index in [4.69, 9.17) is 0 Å². The molecule has 0 atom stereocenters. The minimum atomic E-state index is -0.225. The maximum absolute atomic E-state index is 13.5. The second-order valence-corrected chi connectivity index (χ2v) is 8.86. The van der Waals surface area contributed by atoms with E-state index in [-0.39, 0.29) is 5.82 Å². The van der Waals surface area contributed by atoms with Gasteiger partial charge in [-0.25, -0.2) is 4.39 Å². The Hall–Kier alpha value is -4.69. The van der Waals surface area contributed by atoms with Gasteiger partial charge in [-0.3, -0.25) is 0 Å². The topological polar surface area (TPSA) is 12.0 Å². The molecule has 6 aromatic rings. The summed E-state index contributed by atoms with van der Waals surface area (Å²) in [6.07, 6.45) is 0. The summed E-state index contributed by atoms with van der Waals surface area (Å²) in [5.41, 5.74) is 8.89. The Kier molecular flexibility index (Phi) is 5.77. The molecule has 0 saturated carbocycles. The van der Waals surface area contributed by atoms with Crippen molar-refractivity contribution in [2.75, 3.05) is 5.32 Å². The number of rotatable bonds is 5. The number of anilines is 2. The van der Waals surface area contributed by atoms with E-state index in [2.05, 4.69) is 115 Å². The lowest BCUT2D eigenvalue weighted by molar-refractivity contribution is 0.628. The summed E-state index contributed by atoms with van der Waals surface area (Å²) < 4.78 is 13.5. The number of halogens is 1. The Bertz CT molecular complexity index is 1610. The fraction of sp³-hybridized carbons (Fsp3) is 0. The van der Waals surface area contributed by atoms with E-state index in [1.807, 2.05) is 18.2 Å². The van der Waals surface area contributed by atoms with Crippen molar-refractivity contribution in [2.24, 2.45) is 0 Å². The monoisotopic (exact) mass is 465 g/mol. The molecule has 0 fully saturated rings. The summed E-state index contributed by atoms with van der Waals surface area (Å²) in [5.74, 6) is -0.225. The van der Waals surface area contributed by atoms with Crippen LogP contribution in [0.25, 0.3) is 44.2 Å². The van der Waals surface area contributed by atoms with Gasteiger partial charge in [-0.2, -0.15) is 0 Å². The zero-order valence-electron chi connectivity index (χ0n) is 19.7. The number of benzene rings is 6. The Morgan fingerprint density at radius 3 is 1.42 bits per heavy atom. The molecule has 0 amide bonds. The van der Waals surface area contributed by atoms with Crippen LogP contribution in [-0.4, -0.2) is 0 Å². The summed E-state index contributed by atoms with van der Waals surface area (Å²) in [5, 5.41) is 5.84. The molecule has 0 aromatic heterocycles. The molecule has 0 radical (unpaired) electrons. The van der Waals surface area contributed by atoms with Crippen LogP contribution in [0.2, 0.25) is 0 Å². The van der Waals surface area contributed by atoms with Gasteiger partial charge in [0.15, 0.2) is 0 Å². The molecule has 0 spiro atoms. The van der Waals surface area contributed by atoms with Gasteiger partial charge in [-0.15, -0.1) is 0 Å². The predicted octanol–water partition coefficient (Wildman–Crippen LogP) is 9.72. The lowest BCUT2D eigenvalue weighted by atomic mass is 9.91. The van der Waals surface area contributed by atoms with E-state index in [1.54, 1.807) is 0 Å². The van der Waals surface area contributed by atoms with Crippen molar-refractivity contribution in [3.63, 3.8) is 0 Å². The largest absolute Gasteiger partial charge is 0.356 e.